The predicted octanol–water partition coefficient (Wildman–Crippen LogP) is 1.76. The molecule has 0 bridgehead atoms. The molecule has 0 aliphatic rings. The van der Waals surface area contributed by atoms with Crippen LogP contribution >= 0.6 is 0 Å². The van der Waals surface area contributed by atoms with Crippen molar-refractivity contribution in [2.45, 2.75) is 0 Å². The molecule has 2 N–H and O–H groups in total. The lowest BCUT2D eigenvalue weighted by molar-refractivity contribution is 0.628. The van der Waals surface area contributed by atoms with E-state index in [1.165, 1.54) is 18.3 Å². The molecule has 10 heavy (non-hydrogen) atoms. The Morgan fingerprint density at radius 1 is 1.20 bits per heavy atom. The maximum absolute atomic E-state index is 12.3. The number of rotatable bonds is 1. The molecule has 0 radical (unpaired) electrons. The molecule has 0 aliphatic carbocycles. The van der Waals surface area contributed by atoms with E-state index in [9.17, 15) is 4.39 Å². The van der Waals surface area contributed by atoms with Crippen molar-refractivity contribution in [3.8, 4) is 0 Å². The van der Waals surface area contributed by atoms with Crippen molar-refractivity contribution in [1.29, 1.82) is 0 Å². The standard InChI is InChI=1S/C8H8FN/c9-8-3-1-7(2-4-8)5-6-10/h1-6H,10H2. The van der Waals surface area contributed by atoms with Gasteiger partial charge >= 0.3 is 0 Å². The van der Waals surface area contributed by atoms with Crippen molar-refractivity contribution >= 4 is 6.08 Å². The van der Waals surface area contributed by atoms with E-state index in [2.05, 4.69) is 0 Å². The van der Waals surface area contributed by atoms with E-state index in [1.54, 1.807) is 18.2 Å². The van der Waals surface area contributed by atoms with E-state index in [0.29, 0.717) is 0 Å². The molecule has 0 heterocycles. The Balaban J connectivity index is 2.89. The highest BCUT2D eigenvalue weighted by molar-refractivity contribution is 5.47. The molecule has 0 spiro atoms. The minimum Gasteiger partial charge on any atom is -0.405 e. The molecule has 0 aliphatic heterocycles. The van der Waals surface area contributed by atoms with Gasteiger partial charge in [0, 0.05) is 0 Å². The van der Waals surface area contributed by atoms with Gasteiger partial charge in [-0.15, -0.1) is 0 Å². The third kappa shape index (κ3) is 1.58. The topological polar surface area (TPSA) is 26.0 Å². The van der Waals surface area contributed by atoms with Gasteiger partial charge < -0.3 is 5.73 Å². The molecule has 0 amide bonds. The van der Waals surface area contributed by atoms with Gasteiger partial charge in [-0.2, -0.15) is 0 Å². The second kappa shape index (κ2) is 3.01. The largest absolute Gasteiger partial charge is 0.405 e. The molecular weight excluding hydrogens is 129 g/mol. The number of hydrogen-bond donors (Lipinski definition) is 1. The molecule has 0 fully saturated rings. The summed E-state index contributed by atoms with van der Waals surface area (Å²) in [7, 11) is 0. The lowest BCUT2D eigenvalue weighted by Crippen LogP contribution is -1.78. The average molecular weight is 137 g/mol. The minimum absolute atomic E-state index is 0.228. The van der Waals surface area contributed by atoms with E-state index in [1.807, 2.05) is 0 Å². The normalized spacial score (nSPS) is 10.5. The first-order valence-electron chi connectivity index (χ1n) is 2.97. The summed E-state index contributed by atoms with van der Waals surface area (Å²) in [5.41, 5.74) is 6.03. The molecule has 2 heteroatoms. The number of halogens is 1. The molecule has 1 aromatic rings. The van der Waals surface area contributed by atoms with Gasteiger partial charge in [0.1, 0.15) is 5.82 Å². The van der Waals surface area contributed by atoms with Gasteiger partial charge in [0.25, 0.3) is 0 Å². The molecule has 0 unspecified atom stereocenters. The Labute approximate surface area is 59.0 Å². The Bertz CT molecular complexity index is 226. The quantitative estimate of drug-likeness (QED) is 0.627. The smallest absolute Gasteiger partial charge is 0.123 e. The van der Waals surface area contributed by atoms with Crippen molar-refractivity contribution in [2.75, 3.05) is 0 Å². The molecule has 1 rings (SSSR count). The van der Waals surface area contributed by atoms with Crippen molar-refractivity contribution in [3.63, 3.8) is 0 Å². The number of benzene rings is 1. The maximum Gasteiger partial charge on any atom is 0.123 e. The fourth-order valence-electron chi connectivity index (χ4n) is 0.685. The molecular formula is C8H8FN. The molecule has 0 saturated heterocycles. The summed E-state index contributed by atoms with van der Waals surface area (Å²) in [5, 5.41) is 0. The van der Waals surface area contributed by atoms with Crippen molar-refractivity contribution in [2.24, 2.45) is 5.73 Å². The van der Waals surface area contributed by atoms with Crippen LogP contribution in [0.25, 0.3) is 6.08 Å². The highest BCUT2D eigenvalue weighted by Crippen LogP contribution is 2.03. The Kier molecular flexibility index (Phi) is 2.05. The summed E-state index contributed by atoms with van der Waals surface area (Å²) in [6, 6.07) is 6.13. The van der Waals surface area contributed by atoms with Gasteiger partial charge in [-0.25, -0.2) is 4.39 Å². The summed E-state index contributed by atoms with van der Waals surface area (Å²) in [6.07, 6.45) is 3.13. The molecule has 52 valence electrons. The first-order chi connectivity index (χ1) is 4.83. The van der Waals surface area contributed by atoms with Crippen LogP contribution in [0.15, 0.2) is 30.5 Å². The summed E-state index contributed by atoms with van der Waals surface area (Å²) in [5.74, 6) is -0.228. The van der Waals surface area contributed by atoms with Crippen LogP contribution in [0.5, 0.6) is 0 Å². The van der Waals surface area contributed by atoms with E-state index in [4.69, 9.17) is 5.73 Å². The van der Waals surface area contributed by atoms with Gasteiger partial charge in [-0.1, -0.05) is 12.1 Å². The number of nitrogens with two attached hydrogens (primary N) is 1. The zero-order chi connectivity index (χ0) is 7.40. The fourth-order valence-corrected chi connectivity index (χ4v) is 0.685. The summed E-state index contributed by atoms with van der Waals surface area (Å²) < 4.78 is 12.3. The zero-order valence-electron chi connectivity index (χ0n) is 5.42. The Morgan fingerprint density at radius 2 is 1.80 bits per heavy atom. The minimum atomic E-state index is -0.228. The van der Waals surface area contributed by atoms with Crippen LogP contribution in [0.2, 0.25) is 0 Å². The van der Waals surface area contributed by atoms with Crippen molar-refractivity contribution < 1.29 is 4.39 Å². The lowest BCUT2D eigenvalue weighted by atomic mass is 10.2. The van der Waals surface area contributed by atoms with Crippen LogP contribution < -0.4 is 5.73 Å². The van der Waals surface area contributed by atoms with Gasteiger partial charge in [-0.05, 0) is 30.0 Å². The SMILES string of the molecule is NC=Cc1ccc(F)cc1. The first kappa shape index (κ1) is 6.81. The van der Waals surface area contributed by atoms with Crippen LogP contribution in [0.4, 0.5) is 4.39 Å². The predicted molar refractivity (Wildman–Crippen MR) is 39.6 cm³/mol. The molecule has 1 aromatic carbocycles. The third-order valence-corrected chi connectivity index (χ3v) is 1.16. The Morgan fingerprint density at radius 3 is 2.30 bits per heavy atom. The second-order valence-electron chi connectivity index (χ2n) is 1.91. The van der Waals surface area contributed by atoms with Crippen molar-refractivity contribution in [1.82, 2.24) is 0 Å². The van der Waals surface area contributed by atoms with Gasteiger partial charge in [0.15, 0.2) is 0 Å². The Hall–Kier alpha value is -1.31. The number of hydrogen-bond acceptors (Lipinski definition) is 1. The molecule has 1 nitrogen and oxygen atoms in total. The molecule has 0 saturated carbocycles. The first-order valence-corrected chi connectivity index (χ1v) is 2.97. The maximum atomic E-state index is 12.3. The van der Waals surface area contributed by atoms with E-state index < -0.39 is 0 Å². The van der Waals surface area contributed by atoms with E-state index in [0.717, 1.165) is 5.56 Å². The summed E-state index contributed by atoms with van der Waals surface area (Å²) >= 11 is 0. The van der Waals surface area contributed by atoms with Crippen LogP contribution in [0, 0.1) is 5.82 Å². The van der Waals surface area contributed by atoms with E-state index >= 15 is 0 Å². The highest BCUT2D eigenvalue weighted by Gasteiger charge is 1.86. The lowest BCUT2D eigenvalue weighted by Gasteiger charge is -1.89. The second-order valence-corrected chi connectivity index (χ2v) is 1.91. The fraction of sp³-hybridized carbons (Fsp3) is 0. The van der Waals surface area contributed by atoms with E-state index in [-0.39, 0.29) is 5.82 Å². The van der Waals surface area contributed by atoms with Crippen LogP contribution in [-0.2, 0) is 0 Å². The van der Waals surface area contributed by atoms with Crippen molar-refractivity contribution in [3.05, 3.63) is 41.8 Å². The molecule has 0 aromatic heterocycles. The third-order valence-electron chi connectivity index (χ3n) is 1.16. The summed E-state index contributed by atoms with van der Waals surface area (Å²) in [6.45, 7) is 0. The van der Waals surface area contributed by atoms with Crippen LogP contribution in [0.1, 0.15) is 5.56 Å². The molecule has 0 atom stereocenters. The average Bonchev–Trinajstić information content (AvgIpc) is 1.95. The zero-order valence-corrected chi connectivity index (χ0v) is 5.42. The van der Waals surface area contributed by atoms with Gasteiger partial charge in [-0.3, -0.25) is 0 Å². The monoisotopic (exact) mass is 137 g/mol. The summed E-state index contributed by atoms with van der Waals surface area (Å²) in [4.78, 5) is 0. The van der Waals surface area contributed by atoms with Gasteiger partial charge in [0.2, 0.25) is 0 Å². The highest BCUT2D eigenvalue weighted by atomic mass is 19.1. The van der Waals surface area contributed by atoms with Gasteiger partial charge in [0.05, 0.1) is 0 Å². The van der Waals surface area contributed by atoms with Crippen LogP contribution in [-0.4, -0.2) is 0 Å². The van der Waals surface area contributed by atoms with Crippen LogP contribution in [0.3, 0.4) is 0 Å².